The predicted octanol–water partition coefficient (Wildman–Crippen LogP) is 3.74. The van der Waals surface area contributed by atoms with E-state index in [0.717, 1.165) is 11.1 Å². The molecule has 2 aliphatic rings. The third-order valence-electron chi connectivity index (χ3n) is 6.15. The Morgan fingerprint density at radius 3 is 2.68 bits per heavy atom. The van der Waals surface area contributed by atoms with Crippen molar-refractivity contribution in [1.82, 2.24) is 10.4 Å². The molecular formula is C23H25ClN2O5. The second-order valence-corrected chi connectivity index (χ2v) is 8.69. The van der Waals surface area contributed by atoms with Gasteiger partial charge in [-0.1, -0.05) is 36.7 Å². The summed E-state index contributed by atoms with van der Waals surface area (Å²) in [6.45, 7) is 3.67. The number of nitrogens with zero attached hydrogens (tertiary/aromatic N) is 1. The van der Waals surface area contributed by atoms with E-state index < -0.39 is 11.3 Å². The van der Waals surface area contributed by atoms with E-state index in [0.29, 0.717) is 43.4 Å². The average molecular weight is 445 g/mol. The number of halogens is 1. The lowest BCUT2D eigenvalue weighted by molar-refractivity contribution is -0.150. The first-order chi connectivity index (χ1) is 14.9. The number of hydrogen-bond acceptors (Lipinski definition) is 5. The first-order valence-electron chi connectivity index (χ1n) is 10.3. The van der Waals surface area contributed by atoms with Crippen LogP contribution in [-0.4, -0.2) is 41.7 Å². The van der Waals surface area contributed by atoms with Crippen LogP contribution in [0.15, 0.2) is 42.5 Å². The van der Waals surface area contributed by atoms with Crippen LogP contribution in [0.5, 0.6) is 5.75 Å². The molecule has 1 unspecified atom stereocenters. The molecule has 2 heterocycles. The maximum atomic E-state index is 13.8. The number of fused-ring (bicyclic) bond motifs is 1. The maximum absolute atomic E-state index is 13.8. The molecule has 0 aromatic heterocycles. The Morgan fingerprint density at radius 2 is 1.97 bits per heavy atom. The predicted molar refractivity (Wildman–Crippen MR) is 114 cm³/mol. The van der Waals surface area contributed by atoms with Gasteiger partial charge in [-0.15, -0.1) is 0 Å². The summed E-state index contributed by atoms with van der Waals surface area (Å²) in [5.41, 5.74) is 3.07. The Hall–Kier alpha value is -2.61. The summed E-state index contributed by atoms with van der Waals surface area (Å²) in [6.07, 6.45) is 1.32. The molecule has 2 N–H and O–H groups in total. The van der Waals surface area contributed by atoms with E-state index >= 15 is 0 Å². The average Bonchev–Trinajstić information content (AvgIpc) is 2.97. The summed E-state index contributed by atoms with van der Waals surface area (Å²) in [6, 6.07) is 12.0. The first-order valence-corrected chi connectivity index (χ1v) is 10.6. The van der Waals surface area contributed by atoms with Crippen molar-refractivity contribution < 1.29 is 24.3 Å². The molecule has 1 saturated heterocycles. The number of hydrogen-bond donors (Lipinski definition) is 2. The van der Waals surface area contributed by atoms with Crippen LogP contribution in [-0.2, 0) is 16.1 Å². The fraction of sp³-hybridized carbons (Fsp3) is 0.391. The van der Waals surface area contributed by atoms with Crippen molar-refractivity contribution >= 4 is 23.4 Å². The highest BCUT2D eigenvalue weighted by molar-refractivity contribution is 6.30. The lowest BCUT2D eigenvalue weighted by Crippen LogP contribution is -2.47. The van der Waals surface area contributed by atoms with Gasteiger partial charge in [0.1, 0.15) is 12.4 Å². The molecule has 0 saturated carbocycles. The van der Waals surface area contributed by atoms with Gasteiger partial charge in [-0.05, 0) is 42.7 Å². The molecule has 31 heavy (non-hydrogen) atoms. The highest BCUT2D eigenvalue weighted by atomic mass is 35.5. The molecule has 7 nitrogen and oxygen atoms in total. The SMILES string of the molecule is CC1(C(=O)N2Cc3ccc(C(=O)NO)cc3OCC2c2cccc(Cl)c2)CCOCC1. The molecule has 1 fully saturated rings. The molecule has 0 radical (unpaired) electrons. The lowest BCUT2D eigenvalue weighted by Gasteiger charge is -2.39. The molecule has 0 bridgehead atoms. The van der Waals surface area contributed by atoms with Gasteiger partial charge in [0.2, 0.25) is 5.91 Å². The van der Waals surface area contributed by atoms with Gasteiger partial charge < -0.3 is 14.4 Å². The van der Waals surface area contributed by atoms with Gasteiger partial charge in [0.05, 0.1) is 18.0 Å². The fourth-order valence-corrected chi connectivity index (χ4v) is 4.36. The zero-order chi connectivity index (χ0) is 22.0. The van der Waals surface area contributed by atoms with Crippen LogP contribution in [0.3, 0.4) is 0 Å². The Kier molecular flexibility index (Phi) is 6.18. The second-order valence-electron chi connectivity index (χ2n) is 8.25. The van der Waals surface area contributed by atoms with E-state index in [1.165, 1.54) is 0 Å². The Labute approximate surface area is 185 Å². The van der Waals surface area contributed by atoms with Crippen molar-refractivity contribution in [3.8, 4) is 5.75 Å². The van der Waals surface area contributed by atoms with E-state index in [1.807, 2.05) is 30.0 Å². The largest absolute Gasteiger partial charge is 0.491 e. The molecule has 8 heteroatoms. The molecule has 2 aromatic carbocycles. The van der Waals surface area contributed by atoms with Crippen LogP contribution in [0.1, 0.15) is 47.3 Å². The number of benzene rings is 2. The maximum Gasteiger partial charge on any atom is 0.274 e. The standard InChI is InChI=1S/C23H25ClN2O5/c1-23(7-9-30-10-8-23)22(28)26-13-17-6-5-16(21(27)25-29)12-20(17)31-14-19(26)15-3-2-4-18(24)11-15/h2-6,11-12,19,29H,7-10,13-14H2,1H3,(H,25,27). The molecule has 0 aliphatic carbocycles. The van der Waals surface area contributed by atoms with Crippen LogP contribution in [0.4, 0.5) is 0 Å². The molecule has 2 aliphatic heterocycles. The monoisotopic (exact) mass is 444 g/mol. The van der Waals surface area contributed by atoms with E-state index in [4.69, 9.17) is 26.3 Å². The number of hydroxylamine groups is 1. The van der Waals surface area contributed by atoms with Gasteiger partial charge in [-0.2, -0.15) is 0 Å². The molecule has 4 rings (SSSR count). The molecule has 2 amide bonds. The van der Waals surface area contributed by atoms with Crippen LogP contribution < -0.4 is 10.2 Å². The zero-order valence-corrected chi connectivity index (χ0v) is 18.0. The Morgan fingerprint density at radius 1 is 1.19 bits per heavy atom. The smallest absolute Gasteiger partial charge is 0.274 e. The van der Waals surface area contributed by atoms with Crippen LogP contribution in [0.2, 0.25) is 5.02 Å². The Balaban J connectivity index is 1.73. The van der Waals surface area contributed by atoms with Gasteiger partial charge in [-0.3, -0.25) is 14.8 Å². The first kappa shape index (κ1) is 21.6. The summed E-state index contributed by atoms with van der Waals surface area (Å²) < 4.78 is 11.6. The van der Waals surface area contributed by atoms with E-state index in [9.17, 15) is 9.59 Å². The van der Waals surface area contributed by atoms with Gasteiger partial charge in [0.25, 0.3) is 5.91 Å². The minimum absolute atomic E-state index is 0.0504. The summed E-state index contributed by atoms with van der Waals surface area (Å²) in [5, 5.41) is 9.52. The third-order valence-corrected chi connectivity index (χ3v) is 6.39. The van der Waals surface area contributed by atoms with Crippen LogP contribution in [0.25, 0.3) is 0 Å². The minimum atomic E-state index is -0.621. The quantitative estimate of drug-likeness (QED) is 0.556. The van der Waals surface area contributed by atoms with Gasteiger partial charge in [0, 0.05) is 29.4 Å². The Bertz CT molecular complexity index is 990. The van der Waals surface area contributed by atoms with Gasteiger partial charge in [0.15, 0.2) is 0 Å². The fourth-order valence-electron chi connectivity index (χ4n) is 4.16. The second kappa shape index (κ2) is 8.86. The van der Waals surface area contributed by atoms with Crippen molar-refractivity contribution in [2.45, 2.75) is 32.4 Å². The number of rotatable bonds is 3. The zero-order valence-electron chi connectivity index (χ0n) is 17.3. The number of carbonyl (C=O) groups is 2. The van der Waals surface area contributed by atoms with Crippen molar-refractivity contribution in [2.24, 2.45) is 5.41 Å². The number of carbonyl (C=O) groups excluding carboxylic acids is 2. The van der Waals surface area contributed by atoms with E-state index in [1.54, 1.807) is 29.7 Å². The molecule has 0 spiro atoms. The van der Waals surface area contributed by atoms with Crippen molar-refractivity contribution in [1.29, 1.82) is 0 Å². The molecule has 2 aromatic rings. The summed E-state index contributed by atoms with van der Waals surface area (Å²) >= 11 is 6.24. The molecular weight excluding hydrogens is 420 g/mol. The topological polar surface area (TPSA) is 88.1 Å². The van der Waals surface area contributed by atoms with Crippen molar-refractivity contribution in [3.63, 3.8) is 0 Å². The van der Waals surface area contributed by atoms with E-state index in [-0.39, 0.29) is 24.1 Å². The summed E-state index contributed by atoms with van der Waals surface area (Å²) in [7, 11) is 0. The minimum Gasteiger partial charge on any atom is -0.491 e. The molecule has 1 atom stereocenters. The van der Waals surface area contributed by atoms with Gasteiger partial charge in [-0.25, -0.2) is 5.48 Å². The lowest BCUT2D eigenvalue weighted by atomic mass is 9.80. The summed E-state index contributed by atoms with van der Waals surface area (Å²) in [5.74, 6) is -0.0559. The van der Waals surface area contributed by atoms with E-state index in [2.05, 4.69) is 0 Å². The van der Waals surface area contributed by atoms with Crippen LogP contribution in [0, 0.1) is 5.41 Å². The van der Waals surface area contributed by atoms with Crippen molar-refractivity contribution in [2.75, 3.05) is 19.8 Å². The van der Waals surface area contributed by atoms with Gasteiger partial charge >= 0.3 is 0 Å². The number of nitrogens with one attached hydrogen (secondary N) is 1. The number of ether oxygens (including phenoxy) is 2. The number of amides is 2. The highest BCUT2D eigenvalue weighted by Gasteiger charge is 2.42. The molecule has 164 valence electrons. The van der Waals surface area contributed by atoms with Crippen molar-refractivity contribution in [3.05, 3.63) is 64.2 Å². The summed E-state index contributed by atoms with van der Waals surface area (Å²) in [4.78, 5) is 27.5. The van der Waals surface area contributed by atoms with Crippen LogP contribution >= 0.6 is 11.6 Å². The normalized spacial score (nSPS) is 20.2. The highest BCUT2D eigenvalue weighted by Crippen LogP contribution is 2.39. The third kappa shape index (κ3) is 4.39.